The minimum atomic E-state index is 0.672. The molecule has 0 saturated carbocycles. The van der Waals surface area contributed by atoms with E-state index in [-0.39, 0.29) is 0 Å². The number of fused-ring (bicyclic) bond motifs is 2. The quantitative estimate of drug-likeness (QED) is 0.382. The molecule has 5 aromatic heterocycles. The number of methoxy groups -OCH3 is 1. The van der Waals surface area contributed by atoms with E-state index in [0.717, 1.165) is 88.2 Å². The summed E-state index contributed by atoms with van der Waals surface area (Å²) < 4.78 is 15.2. The van der Waals surface area contributed by atoms with Crippen LogP contribution in [0.5, 0.6) is 5.75 Å². The first-order valence-electron chi connectivity index (χ1n) is 12.1. The molecule has 0 atom stereocenters. The van der Waals surface area contributed by atoms with Gasteiger partial charge in [0, 0.05) is 56.3 Å². The zero-order chi connectivity index (χ0) is 24.8. The molecule has 6 heterocycles. The van der Waals surface area contributed by atoms with Gasteiger partial charge in [-0.05, 0) is 32.4 Å². The molecule has 0 aliphatic carbocycles. The fraction of sp³-hybridized carbons (Fsp3) is 0.346. The van der Waals surface area contributed by atoms with Gasteiger partial charge in [-0.1, -0.05) is 0 Å². The lowest BCUT2D eigenvalue weighted by molar-refractivity contribution is 0.152. The van der Waals surface area contributed by atoms with Gasteiger partial charge in [-0.15, -0.1) is 0 Å². The molecular formula is C26H28N8O2. The van der Waals surface area contributed by atoms with Gasteiger partial charge in [-0.25, -0.2) is 14.6 Å². The van der Waals surface area contributed by atoms with Crippen LogP contribution in [0, 0.1) is 13.8 Å². The molecule has 1 fully saturated rings. The Morgan fingerprint density at radius 1 is 1.00 bits per heavy atom. The van der Waals surface area contributed by atoms with Crippen molar-refractivity contribution in [2.45, 2.75) is 20.3 Å². The predicted molar refractivity (Wildman–Crippen MR) is 138 cm³/mol. The summed E-state index contributed by atoms with van der Waals surface area (Å²) in [6.07, 6.45) is 6.28. The second kappa shape index (κ2) is 8.87. The third-order valence-corrected chi connectivity index (χ3v) is 6.83. The lowest BCUT2D eigenvalue weighted by Gasteiger charge is -2.22. The molecule has 10 heteroatoms. The largest absolute Gasteiger partial charge is 0.496 e. The molecule has 184 valence electrons. The topological polar surface area (TPSA) is 96.0 Å². The average Bonchev–Trinajstić information content (AvgIpc) is 3.32. The van der Waals surface area contributed by atoms with Crippen LogP contribution in [-0.2, 0) is 11.8 Å². The summed E-state index contributed by atoms with van der Waals surface area (Å²) >= 11 is 0. The zero-order valence-corrected chi connectivity index (χ0v) is 20.9. The Morgan fingerprint density at radius 2 is 1.89 bits per heavy atom. The first-order chi connectivity index (χ1) is 17.5. The Hall–Kier alpha value is -4.05. The SMILES string of the molecule is COc1ccncc1-c1cc2c(cnn2-c2cc3c(nc(C)n3C)c(N3CCCOCC3)n2)c(C)n1. The van der Waals surface area contributed by atoms with E-state index in [1.54, 1.807) is 19.5 Å². The molecular weight excluding hydrogens is 456 g/mol. The van der Waals surface area contributed by atoms with Crippen LogP contribution in [-0.4, -0.2) is 67.7 Å². The minimum absolute atomic E-state index is 0.672. The monoisotopic (exact) mass is 484 g/mol. The molecule has 1 aliphatic rings. The summed E-state index contributed by atoms with van der Waals surface area (Å²) in [7, 11) is 3.69. The maximum absolute atomic E-state index is 5.70. The zero-order valence-electron chi connectivity index (χ0n) is 20.9. The first-order valence-corrected chi connectivity index (χ1v) is 12.1. The van der Waals surface area contributed by atoms with Crippen molar-refractivity contribution >= 4 is 27.8 Å². The van der Waals surface area contributed by atoms with Crippen LogP contribution in [0.1, 0.15) is 17.9 Å². The Labute approximate surface area is 208 Å². The minimum Gasteiger partial charge on any atom is -0.496 e. The highest BCUT2D eigenvalue weighted by Crippen LogP contribution is 2.33. The summed E-state index contributed by atoms with van der Waals surface area (Å²) in [4.78, 5) is 21.3. The molecule has 0 aromatic carbocycles. The number of rotatable bonds is 4. The van der Waals surface area contributed by atoms with Gasteiger partial charge in [-0.2, -0.15) is 5.10 Å². The molecule has 0 amide bonds. The van der Waals surface area contributed by atoms with Crippen molar-refractivity contribution in [2.75, 3.05) is 38.3 Å². The van der Waals surface area contributed by atoms with Crippen LogP contribution in [0.3, 0.4) is 0 Å². The lowest BCUT2D eigenvalue weighted by Crippen LogP contribution is -2.27. The normalized spacial score (nSPS) is 14.5. The molecule has 6 rings (SSSR count). The van der Waals surface area contributed by atoms with Crippen molar-refractivity contribution in [3.05, 3.63) is 48.3 Å². The highest BCUT2D eigenvalue weighted by molar-refractivity contribution is 5.90. The number of pyridine rings is 3. The first kappa shape index (κ1) is 22.4. The molecule has 0 radical (unpaired) electrons. The van der Waals surface area contributed by atoms with Crippen molar-refractivity contribution in [1.82, 2.24) is 34.3 Å². The van der Waals surface area contributed by atoms with Crippen molar-refractivity contribution < 1.29 is 9.47 Å². The molecule has 0 bridgehead atoms. The van der Waals surface area contributed by atoms with Crippen LogP contribution in [0.2, 0.25) is 0 Å². The second-order valence-electron chi connectivity index (χ2n) is 9.00. The van der Waals surface area contributed by atoms with Gasteiger partial charge >= 0.3 is 0 Å². The van der Waals surface area contributed by atoms with Gasteiger partial charge in [0.15, 0.2) is 11.6 Å². The van der Waals surface area contributed by atoms with Crippen LogP contribution in [0.15, 0.2) is 36.8 Å². The molecule has 5 aromatic rings. The summed E-state index contributed by atoms with van der Waals surface area (Å²) in [5.41, 5.74) is 5.31. The third-order valence-electron chi connectivity index (χ3n) is 6.83. The maximum atomic E-state index is 5.70. The highest BCUT2D eigenvalue weighted by Gasteiger charge is 2.22. The molecule has 1 saturated heterocycles. The summed E-state index contributed by atoms with van der Waals surface area (Å²) in [5.74, 6) is 3.25. The molecule has 1 aliphatic heterocycles. The van der Waals surface area contributed by atoms with Crippen molar-refractivity contribution in [2.24, 2.45) is 7.05 Å². The van der Waals surface area contributed by atoms with E-state index in [1.807, 2.05) is 43.9 Å². The Balaban J connectivity index is 1.57. The maximum Gasteiger partial charge on any atom is 0.159 e. The van der Waals surface area contributed by atoms with Crippen LogP contribution < -0.4 is 9.64 Å². The number of nitrogens with zero attached hydrogens (tertiary/aromatic N) is 8. The summed E-state index contributed by atoms with van der Waals surface area (Å²) in [6.45, 7) is 7.08. The lowest BCUT2D eigenvalue weighted by atomic mass is 10.1. The molecule has 0 spiro atoms. The standard InChI is InChI=1S/C26H28N8O2/c1-16-18-15-28-34(21(18)12-20(29-16)19-14-27-7-6-23(19)35-4)24-13-22-25(30-17(2)32(22)3)26(31-24)33-8-5-10-36-11-9-33/h6-7,12-15H,5,8-11H2,1-4H3. The smallest absolute Gasteiger partial charge is 0.159 e. The van der Waals surface area contributed by atoms with Gasteiger partial charge in [0.1, 0.15) is 17.1 Å². The van der Waals surface area contributed by atoms with Gasteiger partial charge in [0.2, 0.25) is 0 Å². The van der Waals surface area contributed by atoms with E-state index in [4.69, 9.17) is 29.5 Å². The predicted octanol–water partition coefficient (Wildman–Crippen LogP) is 3.62. The number of anilines is 1. The molecule has 0 unspecified atom stereocenters. The summed E-state index contributed by atoms with van der Waals surface area (Å²) in [5, 5.41) is 5.71. The average molecular weight is 485 g/mol. The Morgan fingerprint density at radius 3 is 2.75 bits per heavy atom. The van der Waals surface area contributed by atoms with E-state index < -0.39 is 0 Å². The number of imidazole rings is 1. The molecule has 36 heavy (non-hydrogen) atoms. The number of hydrogen-bond acceptors (Lipinski definition) is 8. The number of aryl methyl sites for hydroxylation is 3. The van der Waals surface area contributed by atoms with Crippen molar-refractivity contribution in [3.63, 3.8) is 0 Å². The fourth-order valence-corrected chi connectivity index (χ4v) is 4.81. The number of aromatic nitrogens is 7. The molecule has 10 nitrogen and oxygen atoms in total. The number of hydrogen-bond donors (Lipinski definition) is 0. The summed E-state index contributed by atoms with van der Waals surface area (Å²) in [6, 6.07) is 5.92. The van der Waals surface area contributed by atoms with Crippen molar-refractivity contribution in [3.8, 4) is 22.8 Å². The van der Waals surface area contributed by atoms with Crippen LogP contribution in [0.4, 0.5) is 5.82 Å². The van der Waals surface area contributed by atoms with Gasteiger partial charge in [0.25, 0.3) is 0 Å². The van der Waals surface area contributed by atoms with E-state index in [1.165, 1.54) is 0 Å². The Bertz CT molecular complexity index is 1580. The fourth-order valence-electron chi connectivity index (χ4n) is 4.81. The van der Waals surface area contributed by atoms with Gasteiger partial charge < -0.3 is 18.9 Å². The van der Waals surface area contributed by atoms with Crippen LogP contribution in [0.25, 0.3) is 39.0 Å². The second-order valence-corrected chi connectivity index (χ2v) is 9.00. The highest BCUT2D eigenvalue weighted by atomic mass is 16.5. The van der Waals surface area contributed by atoms with Crippen molar-refractivity contribution in [1.29, 1.82) is 0 Å². The van der Waals surface area contributed by atoms with Gasteiger partial charge in [0.05, 0.1) is 42.2 Å². The third kappa shape index (κ3) is 3.65. The Kier molecular flexibility index (Phi) is 5.52. The van der Waals surface area contributed by atoms with Gasteiger partial charge in [-0.3, -0.25) is 9.97 Å². The van der Waals surface area contributed by atoms with Crippen LogP contribution >= 0.6 is 0 Å². The van der Waals surface area contributed by atoms with E-state index >= 15 is 0 Å². The van der Waals surface area contributed by atoms with E-state index in [9.17, 15) is 0 Å². The molecule has 0 N–H and O–H groups in total. The van der Waals surface area contributed by atoms with E-state index in [0.29, 0.717) is 6.61 Å². The van der Waals surface area contributed by atoms with E-state index in [2.05, 4.69) is 20.5 Å². The number of ether oxygens (including phenoxy) is 2.